The summed E-state index contributed by atoms with van der Waals surface area (Å²) >= 11 is 1.25. The molecule has 6 rings (SSSR count). The van der Waals surface area contributed by atoms with E-state index in [1.54, 1.807) is 36.4 Å². The highest BCUT2D eigenvalue weighted by Gasteiger charge is 2.44. The fourth-order valence-electron chi connectivity index (χ4n) is 5.75. The maximum Gasteiger partial charge on any atom is 0.279 e. The summed E-state index contributed by atoms with van der Waals surface area (Å²) in [6.45, 7) is 3.52. The van der Waals surface area contributed by atoms with Crippen LogP contribution in [0.3, 0.4) is 0 Å². The molecule has 1 saturated heterocycles. The van der Waals surface area contributed by atoms with Crippen molar-refractivity contribution in [3.63, 3.8) is 0 Å². The first kappa shape index (κ1) is 41.1. The normalized spacial score (nSPS) is 15.2. The van der Waals surface area contributed by atoms with E-state index < -0.39 is 29.7 Å². The van der Waals surface area contributed by atoms with Crippen LogP contribution in [-0.4, -0.2) is 118 Å². The molecule has 0 bridgehead atoms. The summed E-state index contributed by atoms with van der Waals surface area (Å²) in [6.07, 6.45) is 0.769. The lowest BCUT2D eigenvalue weighted by Gasteiger charge is -2.27. The molecule has 1 fully saturated rings. The van der Waals surface area contributed by atoms with E-state index >= 15 is 0 Å². The molecule has 1 unspecified atom stereocenters. The highest BCUT2D eigenvalue weighted by molar-refractivity contribution is 7.20. The van der Waals surface area contributed by atoms with E-state index in [0.717, 1.165) is 4.90 Å². The van der Waals surface area contributed by atoms with Crippen molar-refractivity contribution >= 4 is 51.1 Å². The molecule has 18 heteroatoms. The molecule has 5 amide bonds. The van der Waals surface area contributed by atoms with E-state index in [2.05, 4.69) is 15.6 Å². The Balaban J connectivity index is 0.711. The Morgan fingerprint density at radius 3 is 2.14 bits per heavy atom. The van der Waals surface area contributed by atoms with Crippen LogP contribution in [0.25, 0.3) is 10.2 Å². The second kappa shape index (κ2) is 20.6. The molecule has 2 aliphatic rings. The predicted octanol–water partition coefficient (Wildman–Crippen LogP) is 3.66. The molecular formula is C39H41FN4O12S. The fraction of sp³-hybridized carbons (Fsp3) is 0.385. The summed E-state index contributed by atoms with van der Waals surface area (Å²) < 4.78 is 53.1. The first-order valence-corrected chi connectivity index (χ1v) is 19.1. The number of benzene rings is 3. The Kier molecular flexibility index (Phi) is 14.8. The Morgan fingerprint density at radius 1 is 0.772 bits per heavy atom. The van der Waals surface area contributed by atoms with Crippen LogP contribution in [-0.2, 0) is 33.3 Å². The number of nitrogens with zero attached hydrogens (tertiary/aromatic N) is 2. The molecule has 0 spiro atoms. The van der Waals surface area contributed by atoms with Crippen molar-refractivity contribution in [1.29, 1.82) is 0 Å². The number of aromatic nitrogens is 1. The number of fused-ring (bicyclic) bond motifs is 2. The van der Waals surface area contributed by atoms with Gasteiger partial charge in [-0.25, -0.2) is 9.37 Å². The van der Waals surface area contributed by atoms with Gasteiger partial charge in [0.15, 0.2) is 6.61 Å². The van der Waals surface area contributed by atoms with E-state index in [1.807, 2.05) is 0 Å². The van der Waals surface area contributed by atoms with Crippen LogP contribution in [0.15, 0.2) is 60.7 Å². The molecule has 57 heavy (non-hydrogen) atoms. The number of nitrogens with one attached hydrogen (secondary N) is 2. The molecule has 3 aromatic carbocycles. The van der Waals surface area contributed by atoms with Crippen LogP contribution in [0.4, 0.5) is 4.39 Å². The monoisotopic (exact) mass is 808 g/mol. The zero-order chi connectivity index (χ0) is 40.0. The van der Waals surface area contributed by atoms with Crippen molar-refractivity contribution < 1.29 is 61.5 Å². The van der Waals surface area contributed by atoms with Gasteiger partial charge < -0.3 is 38.5 Å². The van der Waals surface area contributed by atoms with E-state index in [4.69, 9.17) is 33.2 Å². The molecule has 0 saturated carbocycles. The number of thiazole rings is 1. The molecule has 2 N–H and O–H groups in total. The van der Waals surface area contributed by atoms with E-state index in [0.29, 0.717) is 91.9 Å². The largest absolute Gasteiger partial charge is 0.491 e. The Hall–Kier alpha value is -5.53. The van der Waals surface area contributed by atoms with Crippen LogP contribution in [0, 0.1) is 5.82 Å². The van der Waals surface area contributed by atoms with Crippen LogP contribution in [0.5, 0.6) is 22.4 Å². The minimum Gasteiger partial charge on any atom is -0.491 e. The lowest BCUT2D eigenvalue weighted by atomic mass is 10.0. The highest BCUT2D eigenvalue weighted by Crippen LogP contribution is 2.33. The summed E-state index contributed by atoms with van der Waals surface area (Å²) in [5.41, 5.74) is 0.985. The predicted molar refractivity (Wildman–Crippen MR) is 201 cm³/mol. The van der Waals surface area contributed by atoms with Crippen molar-refractivity contribution in [3.05, 3.63) is 77.6 Å². The topological polar surface area (TPSA) is 190 Å². The van der Waals surface area contributed by atoms with Crippen LogP contribution >= 0.6 is 11.3 Å². The summed E-state index contributed by atoms with van der Waals surface area (Å²) in [5, 5.41) is 5.35. The van der Waals surface area contributed by atoms with Crippen molar-refractivity contribution in [1.82, 2.24) is 20.5 Å². The van der Waals surface area contributed by atoms with Crippen molar-refractivity contribution in [2.75, 3.05) is 72.6 Å². The minimum absolute atomic E-state index is 0.0522. The summed E-state index contributed by atoms with van der Waals surface area (Å²) in [6, 6.07) is 14.6. The molecule has 16 nitrogen and oxygen atoms in total. The Labute approximate surface area is 330 Å². The zero-order valence-corrected chi connectivity index (χ0v) is 31.6. The molecule has 1 atom stereocenters. The van der Waals surface area contributed by atoms with Gasteiger partial charge in [-0.1, -0.05) is 11.3 Å². The number of piperidine rings is 1. The number of hydrogen-bond donors (Lipinski definition) is 2. The molecule has 4 aromatic rings. The number of hydrogen-bond acceptors (Lipinski definition) is 14. The minimum atomic E-state index is -1.02. The van der Waals surface area contributed by atoms with E-state index in [9.17, 15) is 28.4 Å². The van der Waals surface area contributed by atoms with Gasteiger partial charge in [-0.05, 0) is 73.5 Å². The fourth-order valence-corrected chi connectivity index (χ4v) is 6.61. The van der Waals surface area contributed by atoms with Gasteiger partial charge >= 0.3 is 0 Å². The van der Waals surface area contributed by atoms with Crippen LogP contribution in [0.2, 0.25) is 0 Å². The molecular weight excluding hydrogens is 768 g/mol. The van der Waals surface area contributed by atoms with Gasteiger partial charge in [-0.15, -0.1) is 0 Å². The zero-order valence-electron chi connectivity index (χ0n) is 30.8. The molecule has 2 aliphatic heterocycles. The molecule has 0 radical (unpaired) electrons. The van der Waals surface area contributed by atoms with Gasteiger partial charge in [-0.3, -0.25) is 34.2 Å². The quantitative estimate of drug-likeness (QED) is 0.0817. The van der Waals surface area contributed by atoms with Crippen molar-refractivity contribution in [2.45, 2.75) is 25.3 Å². The molecule has 1 aromatic heterocycles. The van der Waals surface area contributed by atoms with Gasteiger partial charge in [0.25, 0.3) is 22.9 Å². The maximum absolute atomic E-state index is 13.4. The number of rotatable bonds is 23. The average molecular weight is 809 g/mol. The van der Waals surface area contributed by atoms with Gasteiger partial charge in [0.05, 0.1) is 67.6 Å². The van der Waals surface area contributed by atoms with E-state index in [1.165, 1.54) is 35.6 Å². The number of ether oxygens (including phenoxy) is 7. The van der Waals surface area contributed by atoms with Gasteiger partial charge in [0.2, 0.25) is 11.8 Å². The summed E-state index contributed by atoms with van der Waals surface area (Å²) in [4.78, 5) is 66.8. The first-order valence-electron chi connectivity index (χ1n) is 18.3. The van der Waals surface area contributed by atoms with Gasteiger partial charge in [-0.2, -0.15) is 0 Å². The lowest BCUT2D eigenvalue weighted by Crippen LogP contribution is -2.54. The third kappa shape index (κ3) is 11.7. The number of carbonyl (C=O) groups is 5. The van der Waals surface area contributed by atoms with Gasteiger partial charge in [0, 0.05) is 19.6 Å². The number of halogens is 1. The highest BCUT2D eigenvalue weighted by atomic mass is 32.1. The van der Waals surface area contributed by atoms with Crippen molar-refractivity contribution in [3.8, 4) is 22.4 Å². The number of carbonyl (C=O) groups excluding carboxylic acids is 5. The average Bonchev–Trinajstić information content (AvgIpc) is 3.71. The van der Waals surface area contributed by atoms with Crippen LogP contribution in [0.1, 0.15) is 40.0 Å². The Bertz CT molecular complexity index is 2050. The summed E-state index contributed by atoms with van der Waals surface area (Å²) in [5.74, 6) is -1.43. The second-order valence-electron chi connectivity index (χ2n) is 12.6. The SMILES string of the molecule is O=C(COc1ccc(Oc2nc3ccc(F)cc3s2)cc1)NCCCOCCOCCOCCOCCOc1ccc2c(c1)C(=O)N(C1CCC(=O)NC1=O)C2=O. The van der Waals surface area contributed by atoms with Crippen molar-refractivity contribution in [2.24, 2.45) is 0 Å². The first-order chi connectivity index (χ1) is 27.7. The van der Waals surface area contributed by atoms with E-state index in [-0.39, 0.29) is 55.5 Å². The molecule has 0 aliphatic carbocycles. The molecule has 3 heterocycles. The second-order valence-corrected chi connectivity index (χ2v) is 13.6. The number of imide groups is 2. The standard InChI is InChI=1S/C39H41FN4O12S/c40-25-2-9-31-33(22-25)57-39(42-31)56-27-5-3-26(4-6-27)55-24-35(46)41-12-1-13-50-14-15-51-16-17-52-18-19-53-20-21-54-28-7-8-29-30(23-28)38(49)44(37(29)48)32-10-11-34(45)43-36(32)47/h2-9,22-23,32H,1,10-21,24H2,(H,41,46)(H,43,45,47). The lowest BCUT2D eigenvalue weighted by molar-refractivity contribution is -0.136. The number of amides is 5. The third-order valence-electron chi connectivity index (χ3n) is 8.54. The summed E-state index contributed by atoms with van der Waals surface area (Å²) in [7, 11) is 0. The third-order valence-corrected chi connectivity index (χ3v) is 9.44. The molecule has 302 valence electrons. The maximum atomic E-state index is 13.4. The Morgan fingerprint density at radius 2 is 1.42 bits per heavy atom. The van der Waals surface area contributed by atoms with Gasteiger partial charge in [0.1, 0.15) is 35.7 Å². The van der Waals surface area contributed by atoms with Crippen LogP contribution < -0.4 is 24.8 Å². The smallest absolute Gasteiger partial charge is 0.279 e.